The molecule has 1 heterocycles. The number of sulfone groups is 1. The molecule has 2 aromatic carbocycles. The van der Waals surface area contributed by atoms with Crippen LogP contribution in [0.3, 0.4) is 0 Å². The molecule has 2 N–H and O–H groups in total. The van der Waals surface area contributed by atoms with Crippen molar-refractivity contribution in [3.63, 3.8) is 0 Å². The summed E-state index contributed by atoms with van der Waals surface area (Å²) in [6.07, 6.45) is 2.46. The molecule has 3 rings (SSSR count). The van der Waals surface area contributed by atoms with Crippen molar-refractivity contribution in [1.29, 1.82) is 0 Å². The van der Waals surface area contributed by atoms with Gasteiger partial charge in [-0.3, -0.25) is 9.59 Å². The summed E-state index contributed by atoms with van der Waals surface area (Å²) in [5.41, 5.74) is 6.28. The number of carbonyl (C=O) groups excluding carboxylic acids is 2. The second kappa shape index (κ2) is 9.46. The van der Waals surface area contributed by atoms with Gasteiger partial charge in [0.1, 0.15) is 5.82 Å². The highest BCUT2D eigenvalue weighted by atomic mass is 35.5. The van der Waals surface area contributed by atoms with Gasteiger partial charge in [-0.2, -0.15) is 0 Å². The lowest BCUT2D eigenvalue weighted by Gasteiger charge is -2.25. The van der Waals surface area contributed by atoms with E-state index in [9.17, 15) is 22.4 Å². The van der Waals surface area contributed by atoms with Crippen LogP contribution in [0.25, 0.3) is 0 Å². The molecule has 0 aromatic heterocycles. The van der Waals surface area contributed by atoms with Crippen molar-refractivity contribution in [2.24, 2.45) is 5.73 Å². The van der Waals surface area contributed by atoms with Gasteiger partial charge in [-0.05, 0) is 36.2 Å². The number of rotatable bonds is 7. The van der Waals surface area contributed by atoms with Crippen molar-refractivity contribution >= 4 is 38.8 Å². The zero-order valence-electron chi connectivity index (χ0n) is 17.1. The van der Waals surface area contributed by atoms with Crippen LogP contribution in [0.4, 0.5) is 10.1 Å². The maximum absolute atomic E-state index is 14.8. The molecule has 0 unspecified atom stereocenters. The van der Waals surface area contributed by atoms with Gasteiger partial charge < -0.3 is 10.6 Å². The van der Waals surface area contributed by atoms with E-state index >= 15 is 0 Å². The second-order valence-corrected chi connectivity index (χ2v) is 10.1. The molecular formula is C22H24ClFN2O4S. The van der Waals surface area contributed by atoms with Crippen LogP contribution in [0.15, 0.2) is 41.3 Å². The molecule has 0 saturated carbocycles. The lowest BCUT2D eigenvalue weighted by Crippen LogP contribution is -2.45. The second-order valence-electron chi connectivity index (χ2n) is 7.62. The Morgan fingerprint density at radius 2 is 1.90 bits per heavy atom. The molecule has 9 heteroatoms. The topological polar surface area (TPSA) is 97.5 Å². The molecule has 166 valence electrons. The van der Waals surface area contributed by atoms with Crippen LogP contribution in [0.5, 0.6) is 0 Å². The van der Waals surface area contributed by atoms with Crippen molar-refractivity contribution in [2.75, 3.05) is 10.7 Å². The summed E-state index contributed by atoms with van der Waals surface area (Å²) in [4.78, 5) is 26.4. The van der Waals surface area contributed by atoms with E-state index < -0.39 is 39.1 Å². The zero-order chi connectivity index (χ0) is 22.8. The predicted molar refractivity (Wildman–Crippen MR) is 118 cm³/mol. The fourth-order valence-electron chi connectivity index (χ4n) is 3.54. The molecule has 1 aliphatic rings. The van der Waals surface area contributed by atoms with Crippen molar-refractivity contribution < 1.29 is 22.4 Å². The number of unbranched alkanes of at least 4 members (excludes halogenated alkanes) is 2. The monoisotopic (exact) mass is 466 g/mol. The molecule has 1 atom stereocenters. The Bertz CT molecular complexity index is 1100. The van der Waals surface area contributed by atoms with E-state index in [1.54, 1.807) is 24.3 Å². The molecule has 6 nitrogen and oxygen atoms in total. The van der Waals surface area contributed by atoms with Crippen LogP contribution in [-0.2, 0) is 21.2 Å². The smallest absolute Gasteiger partial charge is 0.245 e. The number of carbonyl (C=O) groups is 2. The number of benzene rings is 2. The summed E-state index contributed by atoms with van der Waals surface area (Å²) in [5, 5.41) is 0.507. The lowest BCUT2D eigenvalue weighted by atomic mass is 10.0. The highest BCUT2D eigenvalue weighted by Crippen LogP contribution is 2.34. The molecule has 2 aromatic rings. The van der Waals surface area contributed by atoms with Gasteiger partial charge in [-0.15, -0.1) is 0 Å². The third kappa shape index (κ3) is 5.14. The number of Topliss-reactive ketones (excluding diaryl/α,β-unsaturated/α-hetero) is 1. The Hall–Kier alpha value is -2.29. The van der Waals surface area contributed by atoms with Crippen LogP contribution in [0.2, 0.25) is 5.02 Å². The Morgan fingerprint density at radius 3 is 2.55 bits per heavy atom. The van der Waals surface area contributed by atoms with Gasteiger partial charge in [-0.25, -0.2) is 12.8 Å². The first-order valence-corrected chi connectivity index (χ1v) is 12.1. The average Bonchev–Trinajstić information content (AvgIpc) is 2.78. The van der Waals surface area contributed by atoms with Crippen LogP contribution in [0.1, 0.15) is 48.5 Å². The molecule has 0 spiro atoms. The van der Waals surface area contributed by atoms with Gasteiger partial charge in [0.25, 0.3) is 0 Å². The van der Waals surface area contributed by atoms with Crippen molar-refractivity contribution in [2.45, 2.75) is 50.1 Å². The molecular weight excluding hydrogens is 443 g/mol. The van der Waals surface area contributed by atoms with Crippen LogP contribution < -0.4 is 10.6 Å². The first-order chi connectivity index (χ1) is 14.6. The Labute approximate surface area is 186 Å². The van der Waals surface area contributed by atoms with E-state index in [1.165, 1.54) is 11.0 Å². The highest BCUT2D eigenvalue weighted by Gasteiger charge is 2.37. The summed E-state index contributed by atoms with van der Waals surface area (Å²) < 4.78 is 40.4. The average molecular weight is 467 g/mol. The van der Waals surface area contributed by atoms with Crippen LogP contribution >= 0.6 is 11.6 Å². The fraction of sp³-hybridized carbons (Fsp3) is 0.364. The quantitative estimate of drug-likeness (QED) is 0.493. The Kier molecular flexibility index (Phi) is 7.13. The number of ketones is 1. The molecule has 31 heavy (non-hydrogen) atoms. The lowest BCUT2D eigenvalue weighted by molar-refractivity contribution is -0.119. The minimum absolute atomic E-state index is 0.00131. The van der Waals surface area contributed by atoms with Crippen LogP contribution in [0, 0.1) is 5.82 Å². The van der Waals surface area contributed by atoms with E-state index in [4.69, 9.17) is 17.3 Å². The van der Waals surface area contributed by atoms with E-state index in [1.807, 2.05) is 6.92 Å². The maximum Gasteiger partial charge on any atom is 0.245 e. The van der Waals surface area contributed by atoms with E-state index in [-0.39, 0.29) is 29.1 Å². The third-order valence-electron chi connectivity index (χ3n) is 5.22. The third-order valence-corrected chi connectivity index (χ3v) is 7.27. The number of halogens is 2. The van der Waals surface area contributed by atoms with Gasteiger partial charge in [0.2, 0.25) is 5.91 Å². The Balaban J connectivity index is 2.11. The molecule has 0 saturated heterocycles. The summed E-state index contributed by atoms with van der Waals surface area (Å²) >= 11 is 5.92. The van der Waals surface area contributed by atoms with E-state index in [0.29, 0.717) is 17.0 Å². The molecule has 1 aliphatic heterocycles. The SMILES string of the molecule is CCCCCC(=O)c1cc2c(cc1F)S(=O)(=O)C[C@H](N)C(=O)N2Cc1ccc(Cl)cc1. The van der Waals surface area contributed by atoms with Crippen LogP contribution in [-0.4, -0.2) is 31.9 Å². The number of fused-ring (bicyclic) bond motifs is 1. The normalized spacial score (nSPS) is 17.9. The largest absolute Gasteiger partial charge is 0.319 e. The molecule has 0 radical (unpaired) electrons. The summed E-state index contributed by atoms with van der Waals surface area (Å²) in [6.45, 7) is 1.99. The standard InChI is InChI=1S/C22H24ClFN2O4S/c1-2-3-4-5-20(27)16-10-19-21(11-17(16)24)31(29,30)13-18(25)22(28)26(19)12-14-6-8-15(23)9-7-14/h6-11,18H,2-5,12-13,25H2,1H3/t18-/m0/s1. The minimum Gasteiger partial charge on any atom is -0.319 e. The number of nitrogens with two attached hydrogens (primary N) is 1. The van der Waals surface area contributed by atoms with Crippen molar-refractivity contribution in [1.82, 2.24) is 0 Å². The first kappa shape index (κ1) is 23.4. The predicted octanol–water partition coefficient (Wildman–Crippen LogP) is 3.89. The van der Waals surface area contributed by atoms with E-state index in [0.717, 1.165) is 18.9 Å². The number of hydrogen-bond acceptors (Lipinski definition) is 5. The molecule has 0 bridgehead atoms. The number of hydrogen-bond donors (Lipinski definition) is 1. The van der Waals surface area contributed by atoms with Gasteiger partial charge in [0, 0.05) is 11.4 Å². The highest BCUT2D eigenvalue weighted by molar-refractivity contribution is 7.91. The van der Waals surface area contributed by atoms with Crippen molar-refractivity contribution in [3.05, 3.63) is 58.4 Å². The van der Waals surface area contributed by atoms with Gasteiger partial charge >= 0.3 is 0 Å². The van der Waals surface area contributed by atoms with Gasteiger partial charge in [0.15, 0.2) is 15.6 Å². The maximum atomic E-state index is 14.8. The summed E-state index contributed by atoms with van der Waals surface area (Å²) in [7, 11) is -4.04. The number of nitrogens with zero attached hydrogens (tertiary/aromatic N) is 1. The summed E-state index contributed by atoms with van der Waals surface area (Å²) in [5.74, 6) is -2.61. The molecule has 1 amide bonds. The minimum atomic E-state index is -4.04. The number of amides is 1. The van der Waals surface area contributed by atoms with E-state index in [2.05, 4.69) is 0 Å². The Morgan fingerprint density at radius 1 is 1.23 bits per heavy atom. The molecule has 0 fully saturated rings. The number of anilines is 1. The molecule has 0 aliphatic carbocycles. The zero-order valence-corrected chi connectivity index (χ0v) is 18.7. The fourth-order valence-corrected chi connectivity index (χ4v) is 5.23. The van der Waals surface area contributed by atoms with Gasteiger partial charge in [0.05, 0.1) is 34.5 Å². The summed E-state index contributed by atoms with van der Waals surface area (Å²) in [6, 6.07) is 7.37. The van der Waals surface area contributed by atoms with Gasteiger partial charge in [-0.1, -0.05) is 43.5 Å². The first-order valence-electron chi connectivity index (χ1n) is 10.0. The van der Waals surface area contributed by atoms with Crippen molar-refractivity contribution in [3.8, 4) is 0 Å².